The van der Waals surface area contributed by atoms with Crippen molar-refractivity contribution in [3.05, 3.63) is 71.0 Å². The molecule has 2 aromatic rings. The van der Waals surface area contributed by atoms with Gasteiger partial charge in [0.1, 0.15) is 11.9 Å². The maximum absolute atomic E-state index is 13.1. The summed E-state index contributed by atoms with van der Waals surface area (Å²) in [5, 5.41) is 2.89. The molecule has 2 aromatic carbocycles. The number of carbonyl (C=O) groups excluding carboxylic acids is 2. The van der Waals surface area contributed by atoms with E-state index in [-0.39, 0.29) is 17.6 Å². The second-order valence-corrected chi connectivity index (χ2v) is 6.54. The quantitative estimate of drug-likeness (QED) is 0.864. The van der Waals surface area contributed by atoms with Crippen LogP contribution in [0.1, 0.15) is 27.5 Å². The fourth-order valence-electron chi connectivity index (χ4n) is 2.69. The maximum Gasteiger partial charge on any atom is 0.253 e. The summed E-state index contributed by atoms with van der Waals surface area (Å²) in [7, 11) is 6.98. The van der Waals surface area contributed by atoms with E-state index >= 15 is 0 Å². The molecule has 0 fully saturated rings. The van der Waals surface area contributed by atoms with Crippen molar-refractivity contribution >= 4 is 11.8 Å². The largest absolute Gasteiger partial charge is 0.350 e. The Morgan fingerprint density at radius 3 is 2.27 bits per heavy atom. The van der Waals surface area contributed by atoms with E-state index < -0.39 is 6.04 Å². The minimum absolute atomic E-state index is 0.0874. The van der Waals surface area contributed by atoms with Crippen molar-refractivity contribution < 1.29 is 14.0 Å². The number of benzene rings is 2. The summed E-state index contributed by atoms with van der Waals surface area (Å²) in [5.41, 5.74) is 2.12. The zero-order valence-corrected chi connectivity index (χ0v) is 15.5. The molecule has 0 aliphatic heterocycles. The lowest BCUT2D eigenvalue weighted by Crippen LogP contribution is -2.36. The maximum atomic E-state index is 13.1. The lowest BCUT2D eigenvalue weighted by Gasteiger charge is -2.24. The van der Waals surface area contributed by atoms with Gasteiger partial charge in [-0.1, -0.05) is 24.3 Å². The first-order valence-corrected chi connectivity index (χ1v) is 8.30. The number of hydrogen-bond donors (Lipinski definition) is 1. The van der Waals surface area contributed by atoms with Crippen molar-refractivity contribution in [2.24, 2.45) is 0 Å². The highest BCUT2D eigenvalue weighted by atomic mass is 19.1. The molecule has 0 radical (unpaired) electrons. The third-order valence-corrected chi connectivity index (χ3v) is 4.00. The molecule has 138 valence electrons. The van der Waals surface area contributed by atoms with E-state index in [0.717, 1.165) is 5.56 Å². The first kappa shape index (κ1) is 19.6. The highest BCUT2D eigenvalue weighted by molar-refractivity contribution is 5.94. The molecule has 0 aromatic heterocycles. The molecular formula is C20H24FN3O2. The van der Waals surface area contributed by atoms with Gasteiger partial charge in [0, 0.05) is 26.2 Å². The fraction of sp³-hybridized carbons (Fsp3) is 0.300. The van der Waals surface area contributed by atoms with E-state index in [1.165, 1.54) is 17.0 Å². The topological polar surface area (TPSA) is 52.7 Å². The Kier molecular flexibility index (Phi) is 6.46. The van der Waals surface area contributed by atoms with Gasteiger partial charge in [-0.15, -0.1) is 0 Å². The number of hydrogen-bond acceptors (Lipinski definition) is 3. The summed E-state index contributed by atoms with van der Waals surface area (Å²) in [6.07, 6.45) is 0. The van der Waals surface area contributed by atoms with Crippen molar-refractivity contribution in [2.75, 3.05) is 28.2 Å². The Hall–Kier alpha value is -2.73. The Morgan fingerprint density at radius 2 is 1.69 bits per heavy atom. The van der Waals surface area contributed by atoms with Crippen LogP contribution in [-0.4, -0.2) is 49.8 Å². The smallest absolute Gasteiger partial charge is 0.253 e. The third-order valence-electron chi connectivity index (χ3n) is 4.00. The Bertz CT molecular complexity index is 773. The molecule has 0 saturated heterocycles. The molecule has 0 spiro atoms. The fourth-order valence-corrected chi connectivity index (χ4v) is 2.69. The minimum atomic E-state index is -0.526. The predicted octanol–water partition coefficient (Wildman–Crippen LogP) is 2.45. The first-order valence-electron chi connectivity index (χ1n) is 8.30. The van der Waals surface area contributed by atoms with Gasteiger partial charge in [-0.3, -0.25) is 14.5 Å². The Morgan fingerprint density at radius 1 is 1.04 bits per heavy atom. The number of nitrogens with zero attached hydrogens (tertiary/aromatic N) is 2. The van der Waals surface area contributed by atoms with Crippen LogP contribution < -0.4 is 5.32 Å². The number of likely N-dealkylation sites (N-methyl/N-ethyl adjacent to an activating group) is 1. The van der Waals surface area contributed by atoms with E-state index in [1.54, 1.807) is 63.4 Å². The van der Waals surface area contributed by atoms with Gasteiger partial charge in [0.15, 0.2) is 0 Å². The monoisotopic (exact) mass is 357 g/mol. The lowest BCUT2D eigenvalue weighted by molar-refractivity contribution is -0.125. The van der Waals surface area contributed by atoms with E-state index in [9.17, 15) is 14.0 Å². The van der Waals surface area contributed by atoms with Crippen LogP contribution in [0, 0.1) is 5.82 Å². The number of carbonyl (C=O) groups is 2. The average Bonchev–Trinajstić information content (AvgIpc) is 2.61. The summed E-state index contributed by atoms with van der Waals surface area (Å²) >= 11 is 0. The van der Waals surface area contributed by atoms with E-state index in [0.29, 0.717) is 17.7 Å². The van der Waals surface area contributed by atoms with Gasteiger partial charge >= 0.3 is 0 Å². The van der Waals surface area contributed by atoms with Crippen LogP contribution in [0.5, 0.6) is 0 Å². The van der Waals surface area contributed by atoms with Crippen molar-refractivity contribution in [3.8, 4) is 0 Å². The highest BCUT2D eigenvalue weighted by Crippen LogP contribution is 2.19. The Balaban J connectivity index is 2.10. The molecule has 2 rings (SSSR count). The lowest BCUT2D eigenvalue weighted by atomic mass is 10.0. The molecule has 0 bridgehead atoms. The molecule has 0 aliphatic rings. The number of nitrogens with one attached hydrogen (secondary N) is 1. The molecule has 2 amide bonds. The zero-order chi connectivity index (χ0) is 19.3. The molecule has 0 unspecified atom stereocenters. The van der Waals surface area contributed by atoms with Crippen LogP contribution >= 0.6 is 0 Å². The molecular weight excluding hydrogens is 333 g/mol. The van der Waals surface area contributed by atoms with Crippen LogP contribution in [0.15, 0.2) is 48.5 Å². The van der Waals surface area contributed by atoms with Gasteiger partial charge in [0.25, 0.3) is 5.91 Å². The minimum Gasteiger partial charge on any atom is -0.350 e. The van der Waals surface area contributed by atoms with Crippen molar-refractivity contribution in [1.82, 2.24) is 15.1 Å². The van der Waals surface area contributed by atoms with Crippen LogP contribution in [-0.2, 0) is 11.3 Å². The van der Waals surface area contributed by atoms with Crippen LogP contribution in [0.3, 0.4) is 0 Å². The number of amides is 2. The van der Waals surface area contributed by atoms with E-state index in [4.69, 9.17) is 0 Å². The molecule has 1 N–H and O–H groups in total. The van der Waals surface area contributed by atoms with Gasteiger partial charge < -0.3 is 10.2 Å². The van der Waals surface area contributed by atoms with Gasteiger partial charge in [-0.2, -0.15) is 0 Å². The number of rotatable bonds is 6. The molecule has 0 saturated carbocycles. The number of halogens is 1. The van der Waals surface area contributed by atoms with Crippen molar-refractivity contribution in [1.29, 1.82) is 0 Å². The van der Waals surface area contributed by atoms with Gasteiger partial charge in [0.2, 0.25) is 5.91 Å². The summed E-state index contributed by atoms with van der Waals surface area (Å²) in [6.45, 7) is 0.304. The molecule has 0 heterocycles. The van der Waals surface area contributed by atoms with Gasteiger partial charge in [-0.25, -0.2) is 4.39 Å². The highest BCUT2D eigenvalue weighted by Gasteiger charge is 2.22. The zero-order valence-electron chi connectivity index (χ0n) is 15.5. The van der Waals surface area contributed by atoms with Crippen LogP contribution in [0.4, 0.5) is 4.39 Å². The third kappa shape index (κ3) is 4.89. The molecule has 6 heteroatoms. The summed E-state index contributed by atoms with van der Waals surface area (Å²) in [4.78, 5) is 28.0. The summed E-state index contributed by atoms with van der Waals surface area (Å²) in [5.74, 6) is -0.615. The molecule has 5 nitrogen and oxygen atoms in total. The summed E-state index contributed by atoms with van der Waals surface area (Å²) < 4.78 is 13.1. The Labute approximate surface area is 153 Å². The summed E-state index contributed by atoms with van der Waals surface area (Å²) in [6, 6.07) is 12.5. The first-order chi connectivity index (χ1) is 12.3. The van der Waals surface area contributed by atoms with Gasteiger partial charge in [-0.05, 0) is 49.5 Å². The normalized spacial score (nSPS) is 11.9. The molecule has 26 heavy (non-hydrogen) atoms. The van der Waals surface area contributed by atoms with Crippen LogP contribution in [0.2, 0.25) is 0 Å². The second-order valence-electron chi connectivity index (χ2n) is 6.54. The SMILES string of the molecule is CN(C)C(=O)c1cccc(CNC(=O)[C@H](c2ccc(F)cc2)N(C)C)c1. The van der Waals surface area contributed by atoms with Crippen LogP contribution in [0.25, 0.3) is 0 Å². The molecule has 1 atom stereocenters. The van der Waals surface area contributed by atoms with Crippen molar-refractivity contribution in [3.63, 3.8) is 0 Å². The standard InChI is InChI=1S/C20H24FN3O2/c1-23(2)18(15-8-10-17(21)11-9-15)19(25)22-13-14-6-5-7-16(12-14)20(26)24(3)4/h5-12,18H,13H2,1-4H3,(H,22,25)/t18-/m0/s1. The van der Waals surface area contributed by atoms with Crippen molar-refractivity contribution in [2.45, 2.75) is 12.6 Å². The molecule has 0 aliphatic carbocycles. The predicted molar refractivity (Wildman–Crippen MR) is 99.1 cm³/mol. The van der Waals surface area contributed by atoms with E-state index in [1.807, 2.05) is 6.07 Å². The average molecular weight is 357 g/mol. The van der Waals surface area contributed by atoms with E-state index in [2.05, 4.69) is 5.32 Å². The second kappa shape index (κ2) is 8.58. The van der Waals surface area contributed by atoms with Gasteiger partial charge in [0.05, 0.1) is 0 Å².